The zero-order valence-corrected chi connectivity index (χ0v) is 13.0. The van der Waals surface area contributed by atoms with Crippen molar-refractivity contribution in [2.24, 2.45) is 11.1 Å². The van der Waals surface area contributed by atoms with Crippen LogP contribution in [0, 0.1) is 12.3 Å². The van der Waals surface area contributed by atoms with Gasteiger partial charge >= 0.3 is 0 Å². The Morgan fingerprint density at radius 3 is 2.95 bits per heavy atom. The molecular weight excluding hydrogens is 264 g/mol. The summed E-state index contributed by atoms with van der Waals surface area (Å²) in [5.41, 5.74) is 8.53. The number of rotatable bonds is 3. The first kappa shape index (κ1) is 14.4. The van der Waals surface area contributed by atoms with E-state index in [0.717, 1.165) is 43.3 Å². The molecule has 0 radical (unpaired) electrons. The summed E-state index contributed by atoms with van der Waals surface area (Å²) < 4.78 is 5.71. The van der Waals surface area contributed by atoms with E-state index in [1.807, 2.05) is 25.3 Å². The maximum atomic E-state index is 6.21. The number of likely N-dealkylation sites (tertiary alicyclic amines) is 1. The number of aryl methyl sites for hydroxylation is 1. The van der Waals surface area contributed by atoms with Gasteiger partial charge in [-0.15, -0.1) is 0 Å². The quantitative estimate of drug-likeness (QED) is 0.910. The van der Waals surface area contributed by atoms with Gasteiger partial charge in [-0.2, -0.15) is 5.10 Å². The van der Waals surface area contributed by atoms with Crippen LogP contribution < -0.4 is 5.73 Å². The van der Waals surface area contributed by atoms with E-state index in [1.54, 1.807) is 0 Å². The maximum Gasteiger partial charge on any atom is 0.152 e. The van der Waals surface area contributed by atoms with Gasteiger partial charge in [-0.25, -0.2) is 0 Å². The number of hydrogen-bond acceptors (Lipinski definition) is 4. The summed E-state index contributed by atoms with van der Waals surface area (Å²) in [6.07, 6.45) is 2.94. The number of H-pyrrole nitrogens is 1. The largest absolute Gasteiger partial charge is 0.460 e. The number of nitrogens with zero attached hydrogens (tertiary/aromatic N) is 2. The first-order valence-electron chi connectivity index (χ1n) is 7.53. The van der Waals surface area contributed by atoms with Crippen molar-refractivity contribution < 1.29 is 4.42 Å². The number of piperidine rings is 1. The van der Waals surface area contributed by atoms with Crippen LogP contribution >= 0.6 is 0 Å². The molecule has 0 saturated carbocycles. The smallest absolute Gasteiger partial charge is 0.152 e. The molecule has 3 heterocycles. The van der Waals surface area contributed by atoms with Gasteiger partial charge in [0.05, 0.1) is 6.20 Å². The second-order valence-electron chi connectivity index (χ2n) is 6.77. The van der Waals surface area contributed by atoms with Crippen LogP contribution in [-0.4, -0.2) is 34.2 Å². The molecule has 2 aromatic rings. The summed E-state index contributed by atoms with van der Waals surface area (Å²) in [5.74, 6) is 1.77. The maximum absolute atomic E-state index is 6.21. The fraction of sp³-hybridized carbons (Fsp3) is 0.562. The molecule has 5 heteroatoms. The zero-order valence-electron chi connectivity index (χ0n) is 13.0. The van der Waals surface area contributed by atoms with Crippen LogP contribution in [0.25, 0.3) is 11.5 Å². The second-order valence-corrected chi connectivity index (χ2v) is 6.77. The van der Waals surface area contributed by atoms with Crippen LogP contribution in [0.3, 0.4) is 0 Å². The normalized spacial score (nSPS) is 22.6. The zero-order chi connectivity index (χ0) is 15.0. The van der Waals surface area contributed by atoms with E-state index in [1.165, 1.54) is 5.56 Å². The molecule has 114 valence electrons. The predicted octanol–water partition coefficient (Wildman–Crippen LogP) is 2.54. The Hall–Kier alpha value is -1.59. The fourth-order valence-electron chi connectivity index (χ4n) is 3.07. The van der Waals surface area contributed by atoms with Crippen molar-refractivity contribution in [3.8, 4) is 11.5 Å². The molecule has 1 saturated heterocycles. The van der Waals surface area contributed by atoms with Crippen molar-refractivity contribution in [2.75, 3.05) is 13.1 Å². The van der Waals surface area contributed by atoms with Crippen LogP contribution in [0.5, 0.6) is 0 Å². The standard InChI is InChI=1S/C16H24N4O/c1-11-4-5-13(21-11)15-12(8-18-19-15)9-20-7-6-14(17)16(2,3)10-20/h4-5,8,14H,6-7,9-10,17H2,1-3H3,(H,18,19). The van der Waals surface area contributed by atoms with Gasteiger partial charge in [-0.1, -0.05) is 13.8 Å². The summed E-state index contributed by atoms with van der Waals surface area (Å²) in [6, 6.07) is 4.25. The third-order valence-corrected chi connectivity index (χ3v) is 4.49. The van der Waals surface area contributed by atoms with Crippen molar-refractivity contribution in [1.82, 2.24) is 15.1 Å². The third-order valence-electron chi connectivity index (χ3n) is 4.49. The third kappa shape index (κ3) is 2.89. The monoisotopic (exact) mass is 288 g/mol. The van der Waals surface area contributed by atoms with Gasteiger partial charge in [0.15, 0.2) is 5.76 Å². The summed E-state index contributed by atoms with van der Waals surface area (Å²) in [4.78, 5) is 2.45. The Balaban J connectivity index is 1.76. The minimum absolute atomic E-state index is 0.156. The highest BCUT2D eigenvalue weighted by Crippen LogP contribution is 2.30. The molecule has 3 rings (SSSR count). The van der Waals surface area contributed by atoms with E-state index in [4.69, 9.17) is 10.2 Å². The molecule has 21 heavy (non-hydrogen) atoms. The van der Waals surface area contributed by atoms with E-state index in [0.29, 0.717) is 0 Å². The topological polar surface area (TPSA) is 71.1 Å². The van der Waals surface area contributed by atoms with Crippen LogP contribution in [0.2, 0.25) is 0 Å². The van der Waals surface area contributed by atoms with Crippen molar-refractivity contribution >= 4 is 0 Å². The first-order valence-corrected chi connectivity index (χ1v) is 7.53. The highest BCUT2D eigenvalue weighted by Gasteiger charge is 2.33. The molecule has 0 amide bonds. The van der Waals surface area contributed by atoms with Crippen LogP contribution in [0.4, 0.5) is 0 Å². The minimum Gasteiger partial charge on any atom is -0.460 e. The van der Waals surface area contributed by atoms with Gasteiger partial charge in [0.2, 0.25) is 0 Å². The molecule has 3 N–H and O–H groups in total. The average Bonchev–Trinajstić information content (AvgIpc) is 3.02. The summed E-state index contributed by atoms with van der Waals surface area (Å²) in [6.45, 7) is 9.37. The highest BCUT2D eigenvalue weighted by molar-refractivity contribution is 5.56. The van der Waals surface area contributed by atoms with Gasteiger partial charge < -0.3 is 10.2 Å². The Morgan fingerprint density at radius 1 is 1.48 bits per heavy atom. The SMILES string of the molecule is Cc1ccc(-c2[nH]ncc2CN2CCC(N)C(C)(C)C2)o1. The van der Waals surface area contributed by atoms with Gasteiger partial charge in [-0.05, 0) is 30.9 Å². The Kier molecular flexibility index (Phi) is 3.63. The van der Waals surface area contributed by atoms with Gasteiger partial charge in [-0.3, -0.25) is 10.00 Å². The lowest BCUT2D eigenvalue weighted by Gasteiger charge is -2.42. The van der Waals surface area contributed by atoms with Crippen molar-refractivity contribution in [3.63, 3.8) is 0 Å². The molecule has 0 aliphatic carbocycles. The lowest BCUT2D eigenvalue weighted by molar-refractivity contribution is 0.0900. The van der Waals surface area contributed by atoms with Crippen molar-refractivity contribution in [1.29, 1.82) is 0 Å². The number of aromatic nitrogens is 2. The first-order chi connectivity index (χ1) is 9.95. The number of nitrogens with two attached hydrogens (primary N) is 1. The summed E-state index contributed by atoms with van der Waals surface area (Å²) >= 11 is 0. The predicted molar refractivity (Wildman–Crippen MR) is 82.7 cm³/mol. The second kappa shape index (κ2) is 5.31. The molecule has 1 atom stereocenters. The highest BCUT2D eigenvalue weighted by atomic mass is 16.3. The van der Waals surface area contributed by atoms with E-state index < -0.39 is 0 Å². The molecular formula is C16H24N4O. The Bertz CT molecular complexity index is 613. The average molecular weight is 288 g/mol. The van der Waals surface area contributed by atoms with Crippen LogP contribution in [0.1, 0.15) is 31.6 Å². The molecule has 0 bridgehead atoms. The van der Waals surface area contributed by atoms with Gasteiger partial charge in [0, 0.05) is 31.2 Å². The Labute approximate surface area is 125 Å². The van der Waals surface area contributed by atoms with Gasteiger partial charge in [0.25, 0.3) is 0 Å². The van der Waals surface area contributed by atoms with Crippen LogP contribution in [0.15, 0.2) is 22.7 Å². The lowest BCUT2D eigenvalue weighted by Crippen LogP contribution is -2.52. The minimum atomic E-state index is 0.156. The summed E-state index contributed by atoms with van der Waals surface area (Å²) in [5, 5.41) is 7.25. The van der Waals surface area contributed by atoms with E-state index in [9.17, 15) is 0 Å². The summed E-state index contributed by atoms with van der Waals surface area (Å²) in [7, 11) is 0. The molecule has 1 aliphatic rings. The molecule has 1 aliphatic heterocycles. The molecule has 0 spiro atoms. The van der Waals surface area contributed by atoms with Crippen molar-refractivity contribution in [2.45, 2.75) is 39.8 Å². The number of nitrogens with one attached hydrogen (secondary N) is 1. The van der Waals surface area contributed by atoms with Crippen molar-refractivity contribution in [3.05, 3.63) is 29.7 Å². The Morgan fingerprint density at radius 2 is 2.29 bits per heavy atom. The molecule has 0 aromatic carbocycles. The fourth-order valence-corrected chi connectivity index (χ4v) is 3.07. The molecule has 5 nitrogen and oxygen atoms in total. The molecule has 1 unspecified atom stereocenters. The molecule has 1 fully saturated rings. The van der Waals surface area contributed by atoms with E-state index in [-0.39, 0.29) is 11.5 Å². The van der Waals surface area contributed by atoms with Crippen LogP contribution in [-0.2, 0) is 6.54 Å². The number of furan rings is 1. The van der Waals surface area contributed by atoms with E-state index >= 15 is 0 Å². The number of aromatic amines is 1. The molecule has 2 aromatic heterocycles. The lowest BCUT2D eigenvalue weighted by atomic mass is 9.79. The number of hydrogen-bond donors (Lipinski definition) is 2. The van der Waals surface area contributed by atoms with Gasteiger partial charge in [0.1, 0.15) is 11.5 Å². The van der Waals surface area contributed by atoms with E-state index in [2.05, 4.69) is 28.9 Å².